The third-order valence-electron chi connectivity index (χ3n) is 4.33. The number of carbonyl (C=O) groups is 1. The average Bonchev–Trinajstić information content (AvgIpc) is 3.22. The van der Waals surface area contributed by atoms with Crippen LogP contribution in [0.2, 0.25) is 0 Å². The third-order valence-corrected chi connectivity index (χ3v) is 4.33. The lowest BCUT2D eigenvalue weighted by atomic mass is 10.2. The smallest absolute Gasteiger partial charge is 0.317 e. The van der Waals surface area contributed by atoms with Crippen molar-refractivity contribution in [3.63, 3.8) is 0 Å². The van der Waals surface area contributed by atoms with Crippen LogP contribution in [0.5, 0.6) is 0 Å². The molecule has 6 nitrogen and oxygen atoms in total. The zero-order chi connectivity index (χ0) is 17.1. The molecule has 1 saturated heterocycles. The molecule has 0 spiro atoms. The molecular weight excluding hydrogens is 309 g/mol. The van der Waals surface area contributed by atoms with Crippen molar-refractivity contribution in [3.05, 3.63) is 48.0 Å². The van der Waals surface area contributed by atoms with Gasteiger partial charge in [0.1, 0.15) is 5.82 Å². The molecule has 1 aromatic heterocycles. The van der Waals surface area contributed by atoms with E-state index in [9.17, 15) is 9.18 Å². The van der Waals surface area contributed by atoms with E-state index < -0.39 is 0 Å². The van der Waals surface area contributed by atoms with E-state index in [0.29, 0.717) is 18.3 Å². The second-order valence-corrected chi connectivity index (χ2v) is 6.28. The van der Waals surface area contributed by atoms with E-state index >= 15 is 0 Å². The maximum Gasteiger partial charge on any atom is 0.317 e. The largest absolute Gasteiger partial charge is 0.334 e. The van der Waals surface area contributed by atoms with Crippen molar-refractivity contribution in [2.24, 2.45) is 0 Å². The second kappa shape index (κ2) is 7.00. The second-order valence-electron chi connectivity index (χ2n) is 6.28. The van der Waals surface area contributed by atoms with Crippen LogP contribution in [0.25, 0.3) is 5.69 Å². The van der Waals surface area contributed by atoms with Crippen molar-refractivity contribution in [2.45, 2.75) is 19.0 Å². The minimum atomic E-state index is -0.303. The number of urea groups is 1. The predicted octanol–water partition coefficient (Wildman–Crippen LogP) is 1.86. The molecule has 1 N–H and O–H groups in total. The van der Waals surface area contributed by atoms with Crippen LogP contribution in [0.15, 0.2) is 36.7 Å². The summed E-state index contributed by atoms with van der Waals surface area (Å²) in [5, 5.41) is 7.13. The first-order chi connectivity index (χ1) is 11.5. The number of hydrogen-bond acceptors (Lipinski definition) is 3. The molecule has 0 saturated carbocycles. The molecule has 2 aromatic rings. The third kappa shape index (κ3) is 3.73. The minimum Gasteiger partial charge on any atom is -0.334 e. The van der Waals surface area contributed by atoms with Crippen LogP contribution in [0, 0.1) is 5.82 Å². The number of likely N-dealkylation sites (tertiary alicyclic amines) is 1. The fourth-order valence-corrected chi connectivity index (χ4v) is 2.85. The summed E-state index contributed by atoms with van der Waals surface area (Å²) < 4.78 is 14.9. The maximum atomic E-state index is 13.3. The fraction of sp³-hybridized carbons (Fsp3) is 0.412. The van der Waals surface area contributed by atoms with Gasteiger partial charge < -0.3 is 15.1 Å². The van der Waals surface area contributed by atoms with Gasteiger partial charge in [0.2, 0.25) is 0 Å². The summed E-state index contributed by atoms with van der Waals surface area (Å²) in [6.07, 6.45) is 4.47. The highest BCUT2D eigenvalue weighted by Gasteiger charge is 2.27. The van der Waals surface area contributed by atoms with Crippen molar-refractivity contribution in [1.29, 1.82) is 0 Å². The highest BCUT2D eigenvalue weighted by molar-refractivity contribution is 5.74. The fourth-order valence-electron chi connectivity index (χ4n) is 2.85. The highest BCUT2D eigenvalue weighted by Crippen LogP contribution is 2.13. The Balaban J connectivity index is 1.55. The summed E-state index contributed by atoms with van der Waals surface area (Å²) >= 11 is 0. The zero-order valence-corrected chi connectivity index (χ0v) is 13.9. The van der Waals surface area contributed by atoms with E-state index in [4.69, 9.17) is 0 Å². The number of hydrogen-bond donors (Lipinski definition) is 1. The summed E-state index contributed by atoms with van der Waals surface area (Å²) in [6, 6.07) is 6.60. The molecule has 2 heterocycles. The molecule has 1 aliphatic rings. The molecule has 7 heteroatoms. The van der Waals surface area contributed by atoms with Crippen LogP contribution in [-0.4, -0.2) is 58.8 Å². The Morgan fingerprint density at radius 1 is 1.46 bits per heavy atom. The summed E-state index contributed by atoms with van der Waals surface area (Å²) in [6.45, 7) is 1.93. The minimum absolute atomic E-state index is 0.0575. The van der Waals surface area contributed by atoms with Crippen LogP contribution in [-0.2, 0) is 6.54 Å². The Morgan fingerprint density at radius 3 is 3.00 bits per heavy atom. The molecule has 0 radical (unpaired) electrons. The molecule has 3 rings (SSSR count). The SMILES string of the molecule is CN(C)[C@H]1CCN(C(=O)NCc2cnn(-c3cccc(F)c3)c2)C1. The number of nitrogens with zero attached hydrogens (tertiary/aromatic N) is 4. The molecule has 128 valence electrons. The van der Waals surface area contributed by atoms with Gasteiger partial charge in [-0.1, -0.05) is 6.07 Å². The van der Waals surface area contributed by atoms with Crippen LogP contribution in [0.3, 0.4) is 0 Å². The van der Waals surface area contributed by atoms with E-state index in [0.717, 1.165) is 25.1 Å². The normalized spacial score (nSPS) is 17.5. The van der Waals surface area contributed by atoms with Gasteiger partial charge in [-0.25, -0.2) is 13.9 Å². The molecule has 0 unspecified atom stereocenters. The Morgan fingerprint density at radius 2 is 2.29 bits per heavy atom. The van der Waals surface area contributed by atoms with E-state index in [2.05, 4.69) is 15.3 Å². The monoisotopic (exact) mass is 331 g/mol. The van der Waals surface area contributed by atoms with Gasteiger partial charge in [0, 0.05) is 37.4 Å². The summed E-state index contributed by atoms with van der Waals surface area (Å²) in [7, 11) is 4.07. The van der Waals surface area contributed by atoms with E-state index in [1.165, 1.54) is 12.1 Å². The first kappa shape index (κ1) is 16.4. The Bertz CT molecular complexity index is 715. The average molecular weight is 331 g/mol. The predicted molar refractivity (Wildman–Crippen MR) is 89.4 cm³/mol. The lowest BCUT2D eigenvalue weighted by Gasteiger charge is -2.20. The number of nitrogens with one attached hydrogen (secondary N) is 1. The van der Waals surface area contributed by atoms with Crippen LogP contribution >= 0.6 is 0 Å². The summed E-state index contributed by atoms with van der Waals surface area (Å²) in [5.74, 6) is -0.303. The lowest BCUT2D eigenvalue weighted by molar-refractivity contribution is 0.203. The van der Waals surface area contributed by atoms with Crippen molar-refractivity contribution in [3.8, 4) is 5.69 Å². The molecule has 24 heavy (non-hydrogen) atoms. The van der Waals surface area contributed by atoms with E-state index in [1.54, 1.807) is 29.2 Å². The molecular formula is C17H22FN5O. The van der Waals surface area contributed by atoms with Gasteiger partial charge in [-0.2, -0.15) is 5.10 Å². The number of likely N-dealkylation sites (N-methyl/N-ethyl adjacent to an activating group) is 1. The summed E-state index contributed by atoms with van der Waals surface area (Å²) in [5.41, 5.74) is 1.52. The lowest BCUT2D eigenvalue weighted by Crippen LogP contribution is -2.40. The molecule has 1 aliphatic heterocycles. The van der Waals surface area contributed by atoms with Gasteiger partial charge in [-0.05, 0) is 38.7 Å². The summed E-state index contributed by atoms with van der Waals surface area (Å²) in [4.78, 5) is 16.2. The Kier molecular flexibility index (Phi) is 4.80. The molecule has 1 fully saturated rings. The zero-order valence-electron chi connectivity index (χ0n) is 13.9. The first-order valence-corrected chi connectivity index (χ1v) is 8.01. The van der Waals surface area contributed by atoms with E-state index in [1.807, 2.05) is 19.0 Å². The van der Waals surface area contributed by atoms with Gasteiger partial charge in [0.15, 0.2) is 0 Å². The number of amides is 2. The molecule has 1 aromatic carbocycles. The maximum absolute atomic E-state index is 13.3. The van der Waals surface area contributed by atoms with Gasteiger partial charge >= 0.3 is 6.03 Å². The molecule has 2 amide bonds. The van der Waals surface area contributed by atoms with Crippen molar-refractivity contribution < 1.29 is 9.18 Å². The first-order valence-electron chi connectivity index (χ1n) is 8.01. The van der Waals surface area contributed by atoms with Crippen molar-refractivity contribution in [1.82, 2.24) is 24.9 Å². The topological polar surface area (TPSA) is 53.4 Å². The molecule has 0 aliphatic carbocycles. The van der Waals surface area contributed by atoms with Crippen molar-refractivity contribution in [2.75, 3.05) is 27.2 Å². The van der Waals surface area contributed by atoms with Gasteiger partial charge in [-0.3, -0.25) is 0 Å². The number of aromatic nitrogens is 2. The molecule has 1 atom stereocenters. The quantitative estimate of drug-likeness (QED) is 0.930. The van der Waals surface area contributed by atoms with Crippen molar-refractivity contribution >= 4 is 6.03 Å². The Labute approximate surface area is 140 Å². The molecule has 0 bridgehead atoms. The van der Waals surface area contributed by atoms with Gasteiger partial charge in [0.25, 0.3) is 0 Å². The van der Waals surface area contributed by atoms with Gasteiger partial charge in [-0.15, -0.1) is 0 Å². The van der Waals surface area contributed by atoms with Gasteiger partial charge in [0.05, 0.1) is 11.9 Å². The van der Waals surface area contributed by atoms with Crippen LogP contribution in [0.1, 0.15) is 12.0 Å². The number of halogens is 1. The van der Waals surface area contributed by atoms with Crippen LogP contribution in [0.4, 0.5) is 9.18 Å². The Hall–Kier alpha value is -2.41. The number of rotatable bonds is 4. The van der Waals surface area contributed by atoms with Crippen LogP contribution < -0.4 is 5.32 Å². The number of benzene rings is 1. The van der Waals surface area contributed by atoms with E-state index in [-0.39, 0.29) is 11.8 Å². The standard InChI is InChI=1S/C17H22FN5O/c1-21(2)16-6-7-22(12-16)17(24)19-9-13-10-20-23(11-13)15-5-3-4-14(18)8-15/h3-5,8,10-11,16H,6-7,9,12H2,1-2H3,(H,19,24)/t16-/m0/s1. The highest BCUT2D eigenvalue weighted by atomic mass is 19.1. The number of carbonyl (C=O) groups excluding carboxylic acids is 1.